The lowest BCUT2D eigenvalue weighted by Crippen LogP contribution is -2.24. The van der Waals surface area contributed by atoms with Gasteiger partial charge in [-0.25, -0.2) is 9.48 Å². The minimum atomic E-state index is -1.06. The first-order valence-electron chi connectivity index (χ1n) is 8.33. The maximum atomic E-state index is 11.6. The fourth-order valence-electron chi connectivity index (χ4n) is 3.16. The molecule has 0 aliphatic carbocycles. The molecule has 0 spiro atoms. The highest BCUT2D eigenvalue weighted by molar-refractivity contribution is 5.90. The topological polar surface area (TPSA) is 98.5 Å². The largest absolute Gasteiger partial charge is 0.477 e. The molecule has 3 heterocycles. The average molecular weight is 362 g/mol. The standard InChI is InChI=1S/C19H14N4O4/c24-18(25)13-9-14(12-6-7-15-16(8-12)27-10-26-15)23-19(20-13)21-17(22-23)11-4-2-1-3-5-11/h1-9,14H,10H2,(H,24,25)(H,20,21,22)/t14-/m1/s1. The summed E-state index contributed by atoms with van der Waals surface area (Å²) in [5, 5.41) is 16.9. The van der Waals surface area contributed by atoms with Gasteiger partial charge in [0.25, 0.3) is 0 Å². The van der Waals surface area contributed by atoms with E-state index >= 15 is 0 Å². The van der Waals surface area contributed by atoms with E-state index in [1.165, 1.54) is 0 Å². The Kier molecular flexibility index (Phi) is 3.36. The molecule has 0 saturated carbocycles. The van der Waals surface area contributed by atoms with Gasteiger partial charge >= 0.3 is 5.97 Å². The monoisotopic (exact) mass is 362 g/mol. The molecule has 2 N–H and O–H groups in total. The first-order valence-corrected chi connectivity index (χ1v) is 8.33. The minimum absolute atomic E-state index is 0.0529. The first kappa shape index (κ1) is 15.4. The van der Waals surface area contributed by atoms with Crippen LogP contribution >= 0.6 is 0 Å². The Morgan fingerprint density at radius 2 is 1.96 bits per heavy atom. The lowest BCUT2D eigenvalue weighted by Gasteiger charge is -2.22. The van der Waals surface area contributed by atoms with Crippen molar-refractivity contribution in [2.45, 2.75) is 6.04 Å². The van der Waals surface area contributed by atoms with Crippen molar-refractivity contribution in [3.8, 4) is 22.9 Å². The van der Waals surface area contributed by atoms with Crippen LogP contribution in [0.1, 0.15) is 11.6 Å². The third-order valence-electron chi connectivity index (χ3n) is 4.47. The summed E-state index contributed by atoms with van der Waals surface area (Å²) in [5.41, 5.74) is 1.73. The number of carboxylic acid groups (broad SMARTS) is 1. The lowest BCUT2D eigenvalue weighted by molar-refractivity contribution is -0.132. The van der Waals surface area contributed by atoms with Crippen LogP contribution in [0, 0.1) is 0 Å². The predicted octanol–water partition coefficient (Wildman–Crippen LogP) is 2.66. The molecule has 2 aliphatic heterocycles. The van der Waals surface area contributed by atoms with Crippen LogP contribution in [0.2, 0.25) is 0 Å². The quantitative estimate of drug-likeness (QED) is 0.739. The Morgan fingerprint density at radius 3 is 2.78 bits per heavy atom. The van der Waals surface area contributed by atoms with E-state index in [0.29, 0.717) is 23.3 Å². The fourth-order valence-corrected chi connectivity index (χ4v) is 3.16. The zero-order valence-electron chi connectivity index (χ0n) is 14.0. The number of ether oxygens (including phenoxy) is 2. The van der Waals surface area contributed by atoms with Crippen LogP contribution in [0.5, 0.6) is 11.5 Å². The van der Waals surface area contributed by atoms with Crippen molar-refractivity contribution < 1.29 is 19.4 Å². The molecular formula is C19H14N4O4. The number of rotatable bonds is 3. The first-order chi connectivity index (χ1) is 13.2. The second-order valence-corrected chi connectivity index (χ2v) is 6.14. The smallest absolute Gasteiger partial charge is 0.352 e. The molecule has 0 radical (unpaired) electrons. The molecule has 8 nitrogen and oxygen atoms in total. The van der Waals surface area contributed by atoms with Crippen molar-refractivity contribution in [1.29, 1.82) is 0 Å². The van der Waals surface area contributed by atoms with Gasteiger partial charge in [0.05, 0.1) is 0 Å². The second-order valence-electron chi connectivity index (χ2n) is 6.14. The highest BCUT2D eigenvalue weighted by Crippen LogP contribution is 2.37. The van der Waals surface area contributed by atoms with E-state index in [1.807, 2.05) is 48.5 Å². The van der Waals surface area contributed by atoms with Crippen LogP contribution in [0.3, 0.4) is 0 Å². The van der Waals surface area contributed by atoms with E-state index in [1.54, 1.807) is 10.8 Å². The van der Waals surface area contributed by atoms with Crippen LogP contribution in [0.4, 0.5) is 5.95 Å². The van der Waals surface area contributed by atoms with Gasteiger partial charge in [0.2, 0.25) is 12.7 Å². The number of anilines is 1. The fraction of sp³-hybridized carbons (Fsp3) is 0.105. The molecule has 0 amide bonds. The molecule has 0 unspecified atom stereocenters. The van der Waals surface area contributed by atoms with E-state index in [9.17, 15) is 9.90 Å². The number of fused-ring (bicyclic) bond motifs is 2. The van der Waals surface area contributed by atoms with Crippen LogP contribution in [0.15, 0.2) is 60.3 Å². The van der Waals surface area contributed by atoms with Crippen LogP contribution < -0.4 is 14.8 Å². The Labute approximate surface area is 153 Å². The molecule has 134 valence electrons. The second kappa shape index (κ2) is 5.87. The molecule has 27 heavy (non-hydrogen) atoms. The molecule has 0 bridgehead atoms. The summed E-state index contributed by atoms with van der Waals surface area (Å²) in [6.07, 6.45) is 1.61. The number of hydrogen-bond acceptors (Lipinski definition) is 6. The summed E-state index contributed by atoms with van der Waals surface area (Å²) in [7, 11) is 0. The summed E-state index contributed by atoms with van der Waals surface area (Å²) in [6.45, 7) is 0.175. The summed E-state index contributed by atoms with van der Waals surface area (Å²) < 4.78 is 12.5. The number of nitrogens with zero attached hydrogens (tertiary/aromatic N) is 3. The number of carbonyl (C=O) groups is 1. The molecule has 5 rings (SSSR count). The number of hydrogen-bond donors (Lipinski definition) is 2. The van der Waals surface area contributed by atoms with Crippen LogP contribution in [0.25, 0.3) is 11.4 Å². The summed E-state index contributed by atoms with van der Waals surface area (Å²) in [6, 6.07) is 14.6. The Hall–Kier alpha value is -3.81. The molecule has 0 saturated heterocycles. The minimum Gasteiger partial charge on any atom is -0.477 e. The number of benzene rings is 2. The van der Waals surface area contributed by atoms with E-state index in [0.717, 1.165) is 11.1 Å². The third kappa shape index (κ3) is 2.58. The van der Waals surface area contributed by atoms with Gasteiger partial charge in [0, 0.05) is 5.56 Å². The van der Waals surface area contributed by atoms with Crippen LogP contribution in [-0.4, -0.2) is 32.6 Å². The molecule has 8 heteroatoms. The van der Waals surface area contributed by atoms with Crippen molar-refractivity contribution >= 4 is 11.9 Å². The zero-order chi connectivity index (χ0) is 18.4. The number of aliphatic carboxylic acids is 1. The Morgan fingerprint density at radius 1 is 1.15 bits per heavy atom. The van der Waals surface area contributed by atoms with Gasteiger partial charge < -0.3 is 19.9 Å². The highest BCUT2D eigenvalue weighted by atomic mass is 16.7. The van der Waals surface area contributed by atoms with Gasteiger partial charge in [-0.15, -0.1) is 5.10 Å². The Balaban J connectivity index is 1.62. The Bertz CT molecular complexity index is 1070. The van der Waals surface area contributed by atoms with Gasteiger partial charge in [-0.2, -0.15) is 4.98 Å². The summed E-state index contributed by atoms with van der Waals surface area (Å²) >= 11 is 0. The molecular weight excluding hydrogens is 348 g/mol. The normalized spacial score (nSPS) is 17.0. The SMILES string of the molecule is O=C(O)C1=C[C@H](c2ccc3c(c2)OCO3)n2nc(-c3ccccc3)nc2N1. The van der Waals surface area contributed by atoms with E-state index in [2.05, 4.69) is 15.4 Å². The molecule has 0 fully saturated rings. The highest BCUT2D eigenvalue weighted by Gasteiger charge is 2.28. The van der Waals surface area contributed by atoms with Crippen molar-refractivity contribution in [3.63, 3.8) is 0 Å². The maximum Gasteiger partial charge on any atom is 0.352 e. The summed E-state index contributed by atoms with van der Waals surface area (Å²) in [4.78, 5) is 16.1. The zero-order valence-corrected chi connectivity index (χ0v) is 14.0. The molecule has 2 aromatic carbocycles. The van der Waals surface area contributed by atoms with E-state index < -0.39 is 12.0 Å². The lowest BCUT2D eigenvalue weighted by atomic mass is 10.0. The van der Waals surface area contributed by atoms with Gasteiger partial charge in [0.1, 0.15) is 11.7 Å². The van der Waals surface area contributed by atoms with Crippen molar-refractivity contribution in [2.24, 2.45) is 0 Å². The van der Waals surface area contributed by atoms with Crippen molar-refractivity contribution in [3.05, 3.63) is 65.9 Å². The van der Waals surface area contributed by atoms with Gasteiger partial charge in [-0.3, -0.25) is 0 Å². The van der Waals surface area contributed by atoms with E-state index in [4.69, 9.17) is 9.47 Å². The number of allylic oxidation sites excluding steroid dienone is 1. The van der Waals surface area contributed by atoms with Crippen LogP contribution in [-0.2, 0) is 4.79 Å². The number of aromatic nitrogens is 3. The van der Waals surface area contributed by atoms with Gasteiger partial charge in [0.15, 0.2) is 17.3 Å². The summed E-state index contributed by atoms with van der Waals surface area (Å²) in [5.74, 6) is 1.12. The molecule has 1 aromatic heterocycles. The number of nitrogens with one attached hydrogen (secondary N) is 1. The van der Waals surface area contributed by atoms with Crippen molar-refractivity contribution in [2.75, 3.05) is 12.1 Å². The molecule has 3 aromatic rings. The maximum absolute atomic E-state index is 11.6. The molecule has 1 atom stereocenters. The average Bonchev–Trinajstić information content (AvgIpc) is 3.33. The predicted molar refractivity (Wildman–Crippen MR) is 95.5 cm³/mol. The molecule has 2 aliphatic rings. The van der Waals surface area contributed by atoms with Gasteiger partial charge in [-0.05, 0) is 23.8 Å². The van der Waals surface area contributed by atoms with E-state index in [-0.39, 0.29) is 12.5 Å². The number of carboxylic acids is 1. The van der Waals surface area contributed by atoms with Crippen molar-refractivity contribution in [1.82, 2.24) is 14.8 Å². The third-order valence-corrected chi connectivity index (χ3v) is 4.47. The van der Waals surface area contributed by atoms with Gasteiger partial charge in [-0.1, -0.05) is 36.4 Å².